The fourth-order valence-corrected chi connectivity index (χ4v) is 2.49. The first-order chi connectivity index (χ1) is 13.4. The first-order valence-electron chi connectivity index (χ1n) is 8.41. The van der Waals surface area contributed by atoms with Crippen LogP contribution in [0.25, 0.3) is 0 Å². The highest BCUT2D eigenvalue weighted by Crippen LogP contribution is 2.23. The van der Waals surface area contributed by atoms with Crippen LogP contribution < -0.4 is 14.6 Å². The van der Waals surface area contributed by atoms with Gasteiger partial charge in [-0.3, -0.25) is 4.79 Å². The second-order valence-corrected chi connectivity index (χ2v) is 5.96. The number of alkyl halides is 3. The molecule has 0 spiro atoms. The summed E-state index contributed by atoms with van der Waals surface area (Å²) in [6.07, 6.45) is -1.64. The number of carbonyl (C=O) groups is 1. The summed E-state index contributed by atoms with van der Waals surface area (Å²) in [4.78, 5) is 16.6. The van der Waals surface area contributed by atoms with Gasteiger partial charge < -0.3 is 10.1 Å². The van der Waals surface area contributed by atoms with Crippen LogP contribution in [0.2, 0.25) is 0 Å². The molecule has 0 unspecified atom stereocenters. The Morgan fingerprint density at radius 1 is 1.07 bits per heavy atom. The lowest BCUT2D eigenvalue weighted by Gasteiger charge is -2.09. The molecule has 0 aliphatic rings. The van der Waals surface area contributed by atoms with Crippen LogP contribution in [0.3, 0.4) is 0 Å². The number of Topliss-reactive ketones (excluding diaryl/α,β-unsaturated/α-hetero) is 1. The van der Waals surface area contributed by atoms with Crippen LogP contribution in [0.1, 0.15) is 15.9 Å². The molecule has 5 nitrogen and oxygen atoms in total. The van der Waals surface area contributed by atoms with Gasteiger partial charge in [0.05, 0.1) is 6.20 Å². The van der Waals surface area contributed by atoms with Crippen molar-refractivity contribution in [2.45, 2.75) is 19.5 Å². The summed E-state index contributed by atoms with van der Waals surface area (Å²) in [6.45, 7) is 0.560. The monoisotopic (exact) mass is 388 g/mol. The molecule has 28 heavy (non-hydrogen) atoms. The zero-order chi connectivity index (χ0) is 20.0. The summed E-state index contributed by atoms with van der Waals surface area (Å²) in [6, 6.07) is 16.5. The molecular formula is C20H17F3N3O2+. The van der Waals surface area contributed by atoms with E-state index >= 15 is 0 Å². The van der Waals surface area contributed by atoms with Crippen LogP contribution in [-0.2, 0) is 13.1 Å². The van der Waals surface area contributed by atoms with Gasteiger partial charge in [0, 0.05) is 18.2 Å². The predicted molar refractivity (Wildman–Crippen MR) is 95.7 cm³/mol. The molecule has 8 heteroatoms. The summed E-state index contributed by atoms with van der Waals surface area (Å²) >= 11 is 0. The summed E-state index contributed by atoms with van der Waals surface area (Å²) in [5.74, 6) is -0.139. The van der Waals surface area contributed by atoms with Gasteiger partial charge in [-0.2, -0.15) is 0 Å². The van der Waals surface area contributed by atoms with Gasteiger partial charge >= 0.3 is 6.36 Å². The van der Waals surface area contributed by atoms with Gasteiger partial charge in [-0.15, -0.1) is 13.2 Å². The van der Waals surface area contributed by atoms with E-state index in [0.717, 1.165) is 17.7 Å². The Hall–Kier alpha value is -3.42. The average molecular weight is 388 g/mol. The molecule has 0 bridgehead atoms. The minimum Gasteiger partial charge on any atom is -0.406 e. The van der Waals surface area contributed by atoms with E-state index in [-0.39, 0.29) is 17.9 Å². The van der Waals surface area contributed by atoms with E-state index in [0.29, 0.717) is 12.4 Å². The molecule has 0 aliphatic heterocycles. The second kappa shape index (κ2) is 8.51. The highest BCUT2D eigenvalue weighted by Gasteiger charge is 2.31. The lowest BCUT2D eigenvalue weighted by Crippen LogP contribution is -2.37. The topological polar surface area (TPSA) is 55.1 Å². The van der Waals surface area contributed by atoms with Crippen molar-refractivity contribution in [3.05, 3.63) is 84.3 Å². The Bertz CT molecular complexity index is 929. The van der Waals surface area contributed by atoms with Crippen molar-refractivity contribution in [3.8, 4) is 5.75 Å². The Morgan fingerprint density at radius 3 is 2.54 bits per heavy atom. The standard InChI is InChI=1S/C20H16F3N3O2/c21-20(22,23)28-17-8-4-7-16(11-17)18(27)13-26-10-9-19(25-14-26)24-12-15-5-2-1-3-6-15/h1-11,14H,12-13H2/p+1. The third-order valence-corrected chi connectivity index (χ3v) is 3.80. The molecule has 0 aliphatic carbocycles. The first-order valence-corrected chi connectivity index (χ1v) is 8.41. The lowest BCUT2D eigenvalue weighted by atomic mass is 10.1. The maximum Gasteiger partial charge on any atom is 0.573 e. The van der Waals surface area contributed by atoms with Gasteiger partial charge in [0.1, 0.15) is 5.75 Å². The number of ketones is 1. The van der Waals surface area contributed by atoms with Gasteiger partial charge in [-0.1, -0.05) is 42.5 Å². The van der Waals surface area contributed by atoms with E-state index in [2.05, 4.69) is 15.0 Å². The Morgan fingerprint density at radius 2 is 1.86 bits per heavy atom. The summed E-state index contributed by atoms with van der Waals surface area (Å²) in [5, 5.41) is 3.17. The van der Waals surface area contributed by atoms with Crippen LogP contribution in [0.5, 0.6) is 5.75 Å². The van der Waals surface area contributed by atoms with E-state index in [1.54, 1.807) is 16.8 Å². The highest BCUT2D eigenvalue weighted by atomic mass is 19.4. The maximum absolute atomic E-state index is 12.3. The molecule has 0 saturated carbocycles. The molecule has 0 fully saturated rings. The molecule has 0 amide bonds. The van der Waals surface area contributed by atoms with Crippen molar-refractivity contribution in [1.82, 2.24) is 4.98 Å². The van der Waals surface area contributed by atoms with E-state index < -0.39 is 12.1 Å². The van der Waals surface area contributed by atoms with Gasteiger partial charge in [-0.05, 0) is 22.7 Å². The minimum atomic E-state index is -4.80. The molecule has 1 N–H and O–H groups in total. The van der Waals surface area contributed by atoms with Crippen molar-refractivity contribution in [2.24, 2.45) is 0 Å². The third-order valence-electron chi connectivity index (χ3n) is 3.80. The van der Waals surface area contributed by atoms with Crippen molar-refractivity contribution < 1.29 is 27.3 Å². The van der Waals surface area contributed by atoms with Crippen molar-refractivity contribution in [3.63, 3.8) is 0 Å². The van der Waals surface area contributed by atoms with Crippen LogP contribution >= 0.6 is 0 Å². The average Bonchev–Trinajstić information content (AvgIpc) is 2.67. The van der Waals surface area contributed by atoms with E-state index in [1.165, 1.54) is 18.5 Å². The molecule has 1 heterocycles. The molecule has 3 aromatic rings. The fourth-order valence-electron chi connectivity index (χ4n) is 2.49. The number of rotatable bonds is 7. The summed E-state index contributed by atoms with van der Waals surface area (Å²) in [7, 11) is 0. The van der Waals surface area contributed by atoms with Crippen LogP contribution in [0.15, 0.2) is 73.2 Å². The molecule has 1 aromatic heterocycles. The smallest absolute Gasteiger partial charge is 0.406 e. The fraction of sp³-hybridized carbons (Fsp3) is 0.150. The van der Waals surface area contributed by atoms with Gasteiger partial charge in [0.25, 0.3) is 6.33 Å². The number of anilines is 1. The normalized spacial score (nSPS) is 11.1. The van der Waals surface area contributed by atoms with E-state index in [9.17, 15) is 18.0 Å². The number of hydrogen-bond acceptors (Lipinski definition) is 4. The summed E-state index contributed by atoms with van der Waals surface area (Å²) < 4.78 is 42.3. The molecule has 144 valence electrons. The van der Waals surface area contributed by atoms with Crippen LogP contribution in [0, 0.1) is 0 Å². The number of carbonyl (C=O) groups excluding carboxylic acids is 1. The molecule has 0 saturated heterocycles. The molecule has 0 radical (unpaired) electrons. The van der Waals surface area contributed by atoms with Gasteiger partial charge in [0.15, 0.2) is 6.54 Å². The number of halogens is 3. The zero-order valence-corrected chi connectivity index (χ0v) is 14.7. The quantitative estimate of drug-likeness (QED) is 0.495. The number of ether oxygens (including phenoxy) is 1. The number of nitrogens with zero attached hydrogens (tertiary/aromatic N) is 2. The van der Waals surface area contributed by atoms with Crippen molar-refractivity contribution in [1.29, 1.82) is 0 Å². The highest BCUT2D eigenvalue weighted by molar-refractivity contribution is 5.95. The Kier molecular flexibility index (Phi) is 5.88. The number of benzene rings is 2. The maximum atomic E-state index is 12.3. The first kappa shape index (κ1) is 19.3. The van der Waals surface area contributed by atoms with Crippen LogP contribution in [0.4, 0.5) is 19.0 Å². The van der Waals surface area contributed by atoms with Gasteiger partial charge in [-0.25, -0.2) is 4.57 Å². The zero-order valence-electron chi connectivity index (χ0n) is 14.7. The largest absolute Gasteiger partial charge is 0.573 e. The SMILES string of the molecule is O=C(C[n+]1ccc(NCc2ccccc2)nc1)c1cccc(OC(F)(F)F)c1. The number of aromatic nitrogens is 2. The van der Waals surface area contributed by atoms with Crippen molar-refractivity contribution in [2.75, 3.05) is 5.32 Å². The van der Waals surface area contributed by atoms with Crippen LogP contribution in [-0.4, -0.2) is 17.1 Å². The van der Waals surface area contributed by atoms with E-state index in [4.69, 9.17) is 0 Å². The van der Waals surface area contributed by atoms with Crippen molar-refractivity contribution >= 4 is 11.6 Å². The lowest BCUT2D eigenvalue weighted by molar-refractivity contribution is -0.686. The molecular weight excluding hydrogens is 371 g/mol. The van der Waals surface area contributed by atoms with E-state index in [1.807, 2.05) is 30.3 Å². The molecule has 2 aromatic carbocycles. The number of nitrogens with one attached hydrogen (secondary N) is 1. The minimum absolute atomic E-state index is 0.0541. The van der Waals surface area contributed by atoms with Gasteiger partial charge in [0.2, 0.25) is 11.6 Å². The Labute approximate surface area is 159 Å². The summed E-state index contributed by atoms with van der Waals surface area (Å²) in [5.41, 5.74) is 1.23. The Balaban J connectivity index is 1.59. The second-order valence-electron chi connectivity index (χ2n) is 5.96. The molecule has 0 atom stereocenters. The predicted octanol–water partition coefficient (Wildman–Crippen LogP) is 3.76. The molecule has 3 rings (SSSR count). The number of hydrogen-bond donors (Lipinski definition) is 1. The third kappa shape index (κ3) is 5.80.